The highest BCUT2D eigenvalue weighted by Gasteiger charge is 2.13. The summed E-state index contributed by atoms with van der Waals surface area (Å²) in [6.45, 7) is 5.26. The minimum absolute atomic E-state index is 0.0361. The Morgan fingerprint density at radius 2 is 1.70 bits per heavy atom. The van der Waals surface area contributed by atoms with Crippen LogP contribution in [-0.2, 0) is 13.2 Å². The number of fused-ring (bicyclic) bond motifs is 1. The molecule has 1 aromatic heterocycles. The van der Waals surface area contributed by atoms with Crippen LogP contribution in [0.25, 0.3) is 21.9 Å². The molecule has 151 valence electrons. The molecule has 1 heterocycles. The van der Waals surface area contributed by atoms with Crippen molar-refractivity contribution in [3.8, 4) is 16.9 Å². The van der Waals surface area contributed by atoms with E-state index in [2.05, 4.69) is 20.0 Å². The Labute approximate surface area is 181 Å². The van der Waals surface area contributed by atoms with Gasteiger partial charge in [0.15, 0.2) is 0 Å². The molecule has 3 aromatic carbocycles. The molecular weight excluding hydrogens is 394 g/mol. The van der Waals surface area contributed by atoms with E-state index < -0.39 is 0 Å². The number of hydrogen-bond acceptors (Lipinski definition) is 2. The fourth-order valence-corrected chi connectivity index (χ4v) is 3.60. The number of benzene rings is 3. The van der Waals surface area contributed by atoms with Gasteiger partial charge in [-0.15, -0.1) is 0 Å². The number of aromatic nitrogens is 1. The molecule has 0 amide bonds. The number of nitrogens with zero attached hydrogens (tertiary/aromatic N) is 1. The molecule has 0 spiro atoms. The van der Waals surface area contributed by atoms with E-state index in [9.17, 15) is 4.79 Å². The van der Waals surface area contributed by atoms with Crippen LogP contribution in [0.2, 0.25) is 5.02 Å². The molecule has 4 rings (SSSR count). The molecule has 0 aliphatic heterocycles. The molecule has 0 aliphatic carbocycles. The summed E-state index contributed by atoms with van der Waals surface area (Å²) in [5, 5.41) is 2.16. The third-order valence-corrected chi connectivity index (χ3v) is 5.16. The van der Waals surface area contributed by atoms with Gasteiger partial charge >= 0.3 is 0 Å². The summed E-state index contributed by atoms with van der Waals surface area (Å²) in [5.74, 6) is 1.05. The molecule has 4 aromatic rings. The molecular formula is C26H23ClNO2. The summed E-state index contributed by atoms with van der Waals surface area (Å²) in [6.07, 6.45) is 3.33. The topological polar surface area (TPSA) is 31.2 Å². The highest BCUT2D eigenvalue weighted by molar-refractivity contribution is 6.30. The van der Waals surface area contributed by atoms with Crippen molar-refractivity contribution >= 4 is 22.4 Å². The third-order valence-electron chi connectivity index (χ3n) is 4.91. The average molecular weight is 417 g/mol. The first-order valence-corrected chi connectivity index (χ1v) is 10.4. The minimum atomic E-state index is -0.0361. The van der Waals surface area contributed by atoms with Gasteiger partial charge in [0.2, 0.25) is 0 Å². The van der Waals surface area contributed by atoms with Gasteiger partial charge in [0.1, 0.15) is 12.4 Å². The molecule has 3 nitrogen and oxygen atoms in total. The van der Waals surface area contributed by atoms with Gasteiger partial charge in [0.25, 0.3) is 5.56 Å². The van der Waals surface area contributed by atoms with E-state index in [1.54, 1.807) is 4.57 Å². The van der Waals surface area contributed by atoms with Crippen LogP contribution in [0, 0.1) is 12.1 Å². The zero-order valence-corrected chi connectivity index (χ0v) is 17.8. The Bertz CT molecular complexity index is 1210. The van der Waals surface area contributed by atoms with Crippen LogP contribution in [0.3, 0.4) is 0 Å². The molecule has 0 saturated carbocycles. The van der Waals surface area contributed by atoms with Crippen molar-refractivity contribution in [3.63, 3.8) is 0 Å². The lowest BCUT2D eigenvalue weighted by atomic mass is 10.00. The van der Waals surface area contributed by atoms with Crippen molar-refractivity contribution in [1.82, 2.24) is 4.57 Å². The lowest BCUT2D eigenvalue weighted by molar-refractivity contribution is 0.306. The van der Waals surface area contributed by atoms with Crippen molar-refractivity contribution in [1.29, 1.82) is 0 Å². The zero-order chi connectivity index (χ0) is 21.1. The summed E-state index contributed by atoms with van der Waals surface area (Å²) in [7, 11) is 0. The van der Waals surface area contributed by atoms with Crippen LogP contribution >= 0.6 is 11.6 Å². The predicted molar refractivity (Wildman–Crippen MR) is 123 cm³/mol. The van der Waals surface area contributed by atoms with Crippen molar-refractivity contribution in [2.45, 2.75) is 27.0 Å². The number of hydrogen-bond donors (Lipinski definition) is 0. The summed E-state index contributed by atoms with van der Waals surface area (Å²) in [5.41, 5.74) is 2.88. The maximum absolute atomic E-state index is 13.1. The van der Waals surface area contributed by atoms with Crippen LogP contribution in [0.1, 0.15) is 19.4 Å². The van der Waals surface area contributed by atoms with E-state index >= 15 is 0 Å². The number of pyridine rings is 1. The second-order valence-corrected chi connectivity index (χ2v) is 8.22. The van der Waals surface area contributed by atoms with Gasteiger partial charge < -0.3 is 9.30 Å². The fraction of sp³-hybridized carbons (Fsp3) is 0.192. The Morgan fingerprint density at radius 1 is 0.967 bits per heavy atom. The second-order valence-electron chi connectivity index (χ2n) is 7.78. The number of halogens is 1. The molecule has 0 atom stereocenters. The SMILES string of the molecule is CC(C)Cn1[c]c(-c2ccc(Cl)cc2)c2cc(OCc3ccccc3)ccc2c1=O. The van der Waals surface area contributed by atoms with Gasteiger partial charge in [-0.25, -0.2) is 0 Å². The van der Waals surface area contributed by atoms with Crippen LogP contribution < -0.4 is 10.3 Å². The molecule has 0 unspecified atom stereocenters. The first-order valence-electron chi connectivity index (χ1n) is 10.0. The molecule has 30 heavy (non-hydrogen) atoms. The lowest BCUT2D eigenvalue weighted by Crippen LogP contribution is -2.23. The van der Waals surface area contributed by atoms with Gasteiger partial charge in [-0.1, -0.05) is 67.9 Å². The fourth-order valence-electron chi connectivity index (χ4n) is 3.47. The monoisotopic (exact) mass is 416 g/mol. The van der Waals surface area contributed by atoms with Crippen LogP contribution in [0.4, 0.5) is 0 Å². The molecule has 0 fully saturated rings. The number of ether oxygens (including phenoxy) is 1. The highest BCUT2D eigenvalue weighted by atomic mass is 35.5. The third kappa shape index (κ3) is 4.42. The zero-order valence-electron chi connectivity index (χ0n) is 17.1. The second kappa shape index (κ2) is 8.76. The minimum Gasteiger partial charge on any atom is -0.489 e. The van der Waals surface area contributed by atoms with Gasteiger partial charge in [-0.2, -0.15) is 0 Å². The highest BCUT2D eigenvalue weighted by Crippen LogP contribution is 2.30. The number of rotatable bonds is 6. The van der Waals surface area contributed by atoms with Crippen molar-refractivity contribution in [3.05, 3.63) is 99.9 Å². The normalized spacial score (nSPS) is 11.2. The van der Waals surface area contributed by atoms with Crippen LogP contribution in [-0.4, -0.2) is 4.57 Å². The smallest absolute Gasteiger partial charge is 0.258 e. The van der Waals surface area contributed by atoms with Crippen LogP contribution in [0.15, 0.2) is 77.6 Å². The van der Waals surface area contributed by atoms with E-state index in [1.807, 2.05) is 72.8 Å². The quantitative estimate of drug-likeness (QED) is 0.366. The Morgan fingerprint density at radius 3 is 2.40 bits per heavy atom. The van der Waals surface area contributed by atoms with Crippen molar-refractivity contribution < 1.29 is 4.74 Å². The van der Waals surface area contributed by atoms with Gasteiger partial charge in [0, 0.05) is 27.9 Å². The Balaban J connectivity index is 1.81. The molecule has 4 heteroatoms. The summed E-state index contributed by atoms with van der Waals surface area (Å²) < 4.78 is 7.68. The van der Waals surface area contributed by atoms with Gasteiger partial charge in [-0.05, 0) is 47.4 Å². The molecule has 0 bridgehead atoms. The lowest BCUT2D eigenvalue weighted by Gasteiger charge is -2.15. The maximum atomic E-state index is 13.1. The van der Waals surface area contributed by atoms with Gasteiger partial charge in [-0.3, -0.25) is 4.79 Å². The first-order chi connectivity index (χ1) is 14.5. The first kappa shape index (κ1) is 20.2. The maximum Gasteiger partial charge on any atom is 0.258 e. The van der Waals surface area contributed by atoms with Crippen molar-refractivity contribution in [2.24, 2.45) is 5.92 Å². The van der Waals surface area contributed by atoms with E-state index in [1.165, 1.54) is 0 Å². The Hall–Kier alpha value is -3.04. The van der Waals surface area contributed by atoms with E-state index in [0.717, 1.165) is 27.8 Å². The molecule has 0 aliphatic rings. The summed E-state index contributed by atoms with van der Waals surface area (Å²) in [6, 6.07) is 23.3. The van der Waals surface area contributed by atoms with Crippen LogP contribution in [0.5, 0.6) is 5.75 Å². The molecule has 1 radical (unpaired) electrons. The molecule has 0 saturated heterocycles. The average Bonchev–Trinajstić information content (AvgIpc) is 2.75. The van der Waals surface area contributed by atoms with Crippen molar-refractivity contribution in [2.75, 3.05) is 0 Å². The largest absolute Gasteiger partial charge is 0.489 e. The van der Waals surface area contributed by atoms with E-state index in [0.29, 0.717) is 29.5 Å². The Kier molecular flexibility index (Phi) is 5.91. The van der Waals surface area contributed by atoms with E-state index in [4.69, 9.17) is 16.3 Å². The summed E-state index contributed by atoms with van der Waals surface area (Å²) in [4.78, 5) is 13.1. The van der Waals surface area contributed by atoms with E-state index in [-0.39, 0.29) is 5.56 Å². The summed E-state index contributed by atoms with van der Waals surface area (Å²) >= 11 is 6.08. The predicted octanol–water partition coefficient (Wildman–Crippen LogP) is 6.36. The standard InChI is InChI=1S/C26H23ClNO2/c1-18(2)15-28-16-25(20-8-10-21(27)11-9-20)24-14-22(12-13-23(24)26(28)29)30-17-19-6-4-3-5-7-19/h3-14,18H,15,17H2,1-2H3. The molecule has 0 N–H and O–H groups in total. The van der Waals surface area contributed by atoms with Gasteiger partial charge in [0.05, 0.1) is 6.20 Å².